The predicted octanol–water partition coefficient (Wildman–Crippen LogP) is 1.57. The number of aromatic nitrogens is 1. The molecule has 1 aromatic heterocycles. The highest BCUT2D eigenvalue weighted by atomic mass is 32.2. The predicted molar refractivity (Wildman–Crippen MR) is 68.0 cm³/mol. The molecule has 0 bridgehead atoms. The summed E-state index contributed by atoms with van der Waals surface area (Å²) in [6, 6.07) is 1.51. The molecule has 6 heteroatoms. The molecule has 0 unspecified atom stereocenters. The fraction of sp³-hybridized carbons (Fsp3) is 0.583. The number of nitrogens with zero attached hydrogens (tertiary/aromatic N) is 1. The van der Waals surface area contributed by atoms with Crippen molar-refractivity contribution in [2.45, 2.75) is 50.0 Å². The second-order valence-corrected chi connectivity index (χ2v) is 7.16. The Balaban J connectivity index is 2.48. The van der Waals surface area contributed by atoms with E-state index in [1.807, 2.05) is 20.8 Å². The SMILES string of the molecule is CC(C)(C)c1cc(S(N)(=O)=O)c(OC2CC2)cn1. The number of hydrogen-bond acceptors (Lipinski definition) is 4. The maximum atomic E-state index is 11.6. The molecule has 2 rings (SSSR count). The highest BCUT2D eigenvalue weighted by Gasteiger charge is 2.28. The molecule has 1 aliphatic rings. The van der Waals surface area contributed by atoms with Crippen LogP contribution in [-0.4, -0.2) is 19.5 Å². The Morgan fingerprint density at radius 2 is 2.00 bits per heavy atom. The van der Waals surface area contributed by atoms with Crippen LogP contribution in [-0.2, 0) is 15.4 Å². The third kappa shape index (κ3) is 3.00. The number of primary sulfonamides is 1. The quantitative estimate of drug-likeness (QED) is 0.903. The largest absolute Gasteiger partial charge is 0.487 e. The van der Waals surface area contributed by atoms with Gasteiger partial charge >= 0.3 is 0 Å². The molecule has 0 spiro atoms. The third-order valence-corrected chi connectivity index (χ3v) is 3.66. The van der Waals surface area contributed by atoms with E-state index in [0.717, 1.165) is 12.8 Å². The Kier molecular flexibility index (Phi) is 3.11. The molecule has 1 saturated carbocycles. The van der Waals surface area contributed by atoms with E-state index in [2.05, 4.69) is 4.98 Å². The number of pyridine rings is 1. The molecule has 1 heterocycles. The Hall–Kier alpha value is -1.14. The first kappa shape index (κ1) is 13.3. The van der Waals surface area contributed by atoms with Crippen LogP contribution in [0.4, 0.5) is 0 Å². The van der Waals surface area contributed by atoms with E-state index < -0.39 is 10.0 Å². The van der Waals surface area contributed by atoms with E-state index in [0.29, 0.717) is 5.69 Å². The van der Waals surface area contributed by atoms with Crippen LogP contribution in [0.5, 0.6) is 5.75 Å². The normalized spacial score (nSPS) is 16.7. The van der Waals surface area contributed by atoms with Gasteiger partial charge in [0.05, 0.1) is 12.3 Å². The minimum absolute atomic E-state index is 0.0225. The van der Waals surface area contributed by atoms with Crippen molar-refractivity contribution in [1.82, 2.24) is 4.98 Å². The van der Waals surface area contributed by atoms with Crippen LogP contribution in [0.25, 0.3) is 0 Å². The monoisotopic (exact) mass is 270 g/mol. The van der Waals surface area contributed by atoms with Gasteiger partial charge in [-0.1, -0.05) is 20.8 Å². The lowest BCUT2D eigenvalue weighted by atomic mass is 9.92. The van der Waals surface area contributed by atoms with Crippen molar-refractivity contribution < 1.29 is 13.2 Å². The lowest BCUT2D eigenvalue weighted by Crippen LogP contribution is -2.19. The fourth-order valence-corrected chi connectivity index (χ4v) is 2.17. The van der Waals surface area contributed by atoms with Gasteiger partial charge in [-0.15, -0.1) is 0 Å². The Morgan fingerprint density at radius 3 is 2.44 bits per heavy atom. The van der Waals surface area contributed by atoms with Crippen LogP contribution in [0, 0.1) is 0 Å². The molecule has 18 heavy (non-hydrogen) atoms. The average Bonchev–Trinajstić information content (AvgIpc) is 2.98. The van der Waals surface area contributed by atoms with Gasteiger partial charge in [0, 0.05) is 11.1 Å². The molecule has 0 radical (unpaired) electrons. The standard InChI is InChI=1S/C12H18N2O3S/c1-12(2,3)11-6-10(18(13,15)16)9(7-14-11)17-8-4-5-8/h6-8H,4-5H2,1-3H3,(H2,13,15,16). The average molecular weight is 270 g/mol. The first-order valence-electron chi connectivity index (χ1n) is 5.88. The summed E-state index contributed by atoms with van der Waals surface area (Å²) >= 11 is 0. The number of nitrogens with two attached hydrogens (primary N) is 1. The molecule has 1 aliphatic carbocycles. The second-order valence-electron chi connectivity index (χ2n) is 5.63. The summed E-state index contributed by atoms with van der Waals surface area (Å²) in [6.07, 6.45) is 3.46. The van der Waals surface area contributed by atoms with E-state index >= 15 is 0 Å². The highest BCUT2D eigenvalue weighted by molar-refractivity contribution is 7.89. The second kappa shape index (κ2) is 4.20. The Labute approximate surface area is 107 Å². The van der Waals surface area contributed by atoms with Gasteiger partial charge in [0.2, 0.25) is 10.0 Å². The zero-order chi connectivity index (χ0) is 13.6. The van der Waals surface area contributed by atoms with Gasteiger partial charge in [0.25, 0.3) is 0 Å². The fourth-order valence-electron chi connectivity index (χ4n) is 1.51. The summed E-state index contributed by atoms with van der Waals surface area (Å²) < 4.78 is 28.7. The van der Waals surface area contributed by atoms with Crippen LogP contribution in [0.2, 0.25) is 0 Å². The minimum Gasteiger partial charge on any atom is -0.487 e. The Morgan fingerprint density at radius 1 is 1.39 bits per heavy atom. The molecular weight excluding hydrogens is 252 g/mol. The highest BCUT2D eigenvalue weighted by Crippen LogP contribution is 2.32. The summed E-state index contributed by atoms with van der Waals surface area (Å²) in [5, 5.41) is 5.23. The van der Waals surface area contributed by atoms with Crippen LogP contribution in [0.15, 0.2) is 17.2 Å². The van der Waals surface area contributed by atoms with Crippen molar-refractivity contribution in [2.24, 2.45) is 5.14 Å². The van der Waals surface area contributed by atoms with Crippen molar-refractivity contribution in [1.29, 1.82) is 0 Å². The molecule has 0 atom stereocenters. The molecule has 0 saturated heterocycles. The first-order valence-corrected chi connectivity index (χ1v) is 7.42. The van der Waals surface area contributed by atoms with E-state index in [4.69, 9.17) is 9.88 Å². The van der Waals surface area contributed by atoms with Crippen LogP contribution >= 0.6 is 0 Å². The van der Waals surface area contributed by atoms with Crippen molar-refractivity contribution in [3.63, 3.8) is 0 Å². The number of sulfonamides is 1. The summed E-state index contributed by atoms with van der Waals surface area (Å²) in [6.45, 7) is 5.89. The van der Waals surface area contributed by atoms with Gasteiger partial charge in [-0.2, -0.15) is 0 Å². The molecular formula is C12H18N2O3S. The molecule has 1 fully saturated rings. The minimum atomic E-state index is -3.80. The summed E-state index contributed by atoms with van der Waals surface area (Å²) in [4.78, 5) is 4.28. The summed E-state index contributed by atoms with van der Waals surface area (Å²) in [5.74, 6) is 0.257. The van der Waals surface area contributed by atoms with Gasteiger partial charge < -0.3 is 4.74 Å². The van der Waals surface area contributed by atoms with E-state index in [1.165, 1.54) is 12.3 Å². The number of hydrogen-bond donors (Lipinski definition) is 1. The van der Waals surface area contributed by atoms with Gasteiger partial charge in [-0.05, 0) is 18.9 Å². The maximum absolute atomic E-state index is 11.6. The van der Waals surface area contributed by atoms with E-state index in [9.17, 15) is 8.42 Å². The smallest absolute Gasteiger partial charge is 0.241 e. The van der Waals surface area contributed by atoms with Gasteiger partial charge in [-0.25, -0.2) is 13.6 Å². The molecule has 2 N–H and O–H groups in total. The van der Waals surface area contributed by atoms with Gasteiger partial charge in [0.15, 0.2) is 5.75 Å². The lowest BCUT2D eigenvalue weighted by Gasteiger charge is -2.19. The zero-order valence-corrected chi connectivity index (χ0v) is 11.6. The van der Waals surface area contributed by atoms with Crippen molar-refractivity contribution in [2.75, 3.05) is 0 Å². The van der Waals surface area contributed by atoms with Crippen LogP contribution in [0.1, 0.15) is 39.3 Å². The van der Waals surface area contributed by atoms with E-state index in [1.54, 1.807) is 0 Å². The number of rotatable bonds is 3. The van der Waals surface area contributed by atoms with Crippen LogP contribution < -0.4 is 9.88 Å². The van der Waals surface area contributed by atoms with Crippen molar-refractivity contribution in [3.8, 4) is 5.75 Å². The van der Waals surface area contributed by atoms with Gasteiger partial charge in [0.1, 0.15) is 4.90 Å². The van der Waals surface area contributed by atoms with Crippen LogP contribution in [0.3, 0.4) is 0 Å². The van der Waals surface area contributed by atoms with Crippen molar-refractivity contribution >= 4 is 10.0 Å². The number of ether oxygens (including phenoxy) is 1. The molecule has 0 aliphatic heterocycles. The topological polar surface area (TPSA) is 82.3 Å². The molecule has 5 nitrogen and oxygen atoms in total. The summed E-state index contributed by atoms with van der Waals surface area (Å²) in [7, 11) is -3.80. The molecule has 0 amide bonds. The lowest BCUT2D eigenvalue weighted by molar-refractivity contribution is 0.293. The Bertz CT molecular complexity index is 557. The molecule has 1 aromatic rings. The van der Waals surface area contributed by atoms with E-state index in [-0.39, 0.29) is 22.2 Å². The summed E-state index contributed by atoms with van der Waals surface area (Å²) in [5.41, 5.74) is 0.437. The van der Waals surface area contributed by atoms with Gasteiger partial charge in [-0.3, -0.25) is 4.98 Å². The molecule has 0 aromatic carbocycles. The first-order chi connectivity index (χ1) is 8.18. The maximum Gasteiger partial charge on any atom is 0.241 e. The van der Waals surface area contributed by atoms with Crippen molar-refractivity contribution in [3.05, 3.63) is 18.0 Å². The third-order valence-electron chi connectivity index (χ3n) is 2.72. The molecule has 100 valence electrons. The zero-order valence-electron chi connectivity index (χ0n) is 10.8.